The zero-order valence-electron chi connectivity index (χ0n) is 12.1. The summed E-state index contributed by atoms with van der Waals surface area (Å²) in [6.07, 6.45) is 3.75. The van der Waals surface area contributed by atoms with Crippen LogP contribution in [0.1, 0.15) is 31.7 Å². The number of phenolic OH excluding ortho intramolecular Hbond substituents is 1. The standard InChI is InChI=1S/C16H24N2O2/c1-2-18(15-5-3-4-13(15)11-17)16(20)10-12-6-8-14(19)9-7-12/h6-9,13,15,19H,2-5,10-11,17H2,1H3. The molecule has 2 atom stereocenters. The van der Waals surface area contributed by atoms with Crippen molar-refractivity contribution in [3.8, 4) is 5.75 Å². The summed E-state index contributed by atoms with van der Waals surface area (Å²) in [4.78, 5) is 14.5. The average Bonchev–Trinajstić information content (AvgIpc) is 2.90. The van der Waals surface area contributed by atoms with Crippen LogP contribution in [0.2, 0.25) is 0 Å². The highest BCUT2D eigenvalue weighted by molar-refractivity contribution is 5.79. The Balaban J connectivity index is 2.03. The lowest BCUT2D eigenvalue weighted by molar-refractivity contribution is -0.133. The first-order chi connectivity index (χ1) is 9.65. The van der Waals surface area contributed by atoms with Crippen molar-refractivity contribution in [2.75, 3.05) is 13.1 Å². The van der Waals surface area contributed by atoms with E-state index >= 15 is 0 Å². The zero-order valence-corrected chi connectivity index (χ0v) is 12.1. The Morgan fingerprint density at radius 2 is 2.05 bits per heavy atom. The summed E-state index contributed by atoms with van der Waals surface area (Å²) in [6.45, 7) is 3.42. The van der Waals surface area contributed by atoms with Crippen molar-refractivity contribution in [2.45, 2.75) is 38.6 Å². The Morgan fingerprint density at radius 3 is 2.65 bits per heavy atom. The van der Waals surface area contributed by atoms with Crippen LogP contribution in [0.15, 0.2) is 24.3 Å². The minimum absolute atomic E-state index is 0.156. The summed E-state index contributed by atoms with van der Waals surface area (Å²) in [6, 6.07) is 7.15. The zero-order chi connectivity index (χ0) is 14.5. The Labute approximate surface area is 120 Å². The highest BCUT2D eigenvalue weighted by Crippen LogP contribution is 2.29. The number of nitrogens with zero attached hydrogens (tertiary/aromatic N) is 1. The van der Waals surface area contributed by atoms with Gasteiger partial charge in [-0.15, -0.1) is 0 Å². The van der Waals surface area contributed by atoms with E-state index in [0.29, 0.717) is 24.9 Å². The summed E-state index contributed by atoms with van der Waals surface area (Å²) in [5, 5.41) is 9.28. The van der Waals surface area contributed by atoms with Gasteiger partial charge in [-0.3, -0.25) is 4.79 Å². The van der Waals surface area contributed by atoms with Gasteiger partial charge >= 0.3 is 0 Å². The number of hydrogen-bond donors (Lipinski definition) is 2. The van der Waals surface area contributed by atoms with E-state index in [1.54, 1.807) is 24.3 Å². The second-order valence-electron chi connectivity index (χ2n) is 5.52. The third-order valence-corrected chi connectivity index (χ3v) is 4.27. The molecule has 3 N–H and O–H groups in total. The molecule has 0 bridgehead atoms. The van der Waals surface area contributed by atoms with Gasteiger partial charge in [-0.2, -0.15) is 0 Å². The van der Waals surface area contributed by atoms with E-state index in [2.05, 4.69) is 0 Å². The number of nitrogens with two attached hydrogens (primary N) is 1. The van der Waals surface area contributed by atoms with E-state index in [9.17, 15) is 9.90 Å². The fourth-order valence-corrected chi connectivity index (χ4v) is 3.19. The molecular weight excluding hydrogens is 252 g/mol. The summed E-state index contributed by atoms with van der Waals surface area (Å²) in [5.74, 6) is 0.829. The number of aromatic hydroxyl groups is 1. The highest BCUT2D eigenvalue weighted by atomic mass is 16.3. The van der Waals surface area contributed by atoms with Gasteiger partial charge in [-0.05, 0) is 49.9 Å². The first kappa shape index (κ1) is 14.9. The van der Waals surface area contributed by atoms with Crippen LogP contribution < -0.4 is 5.73 Å². The first-order valence-corrected chi connectivity index (χ1v) is 7.43. The van der Waals surface area contributed by atoms with Gasteiger partial charge in [0.1, 0.15) is 5.75 Å². The summed E-state index contributed by atoms with van der Waals surface area (Å²) in [7, 11) is 0. The Morgan fingerprint density at radius 1 is 1.35 bits per heavy atom. The molecule has 0 aromatic heterocycles. The van der Waals surface area contributed by atoms with Crippen molar-refractivity contribution >= 4 is 5.91 Å². The van der Waals surface area contributed by atoms with Crippen LogP contribution in [0, 0.1) is 5.92 Å². The van der Waals surface area contributed by atoms with Crippen LogP contribution in [0.3, 0.4) is 0 Å². The van der Waals surface area contributed by atoms with Gasteiger partial charge in [0.15, 0.2) is 0 Å². The van der Waals surface area contributed by atoms with Gasteiger partial charge in [-0.25, -0.2) is 0 Å². The van der Waals surface area contributed by atoms with Gasteiger partial charge in [0.2, 0.25) is 5.91 Å². The van der Waals surface area contributed by atoms with Gasteiger partial charge in [0.05, 0.1) is 6.42 Å². The summed E-state index contributed by atoms with van der Waals surface area (Å²) in [5.41, 5.74) is 6.76. The minimum atomic E-state index is 0.156. The predicted molar refractivity (Wildman–Crippen MR) is 79.4 cm³/mol. The largest absolute Gasteiger partial charge is 0.508 e. The number of carbonyl (C=O) groups is 1. The number of rotatable bonds is 5. The fraction of sp³-hybridized carbons (Fsp3) is 0.562. The SMILES string of the molecule is CCN(C(=O)Cc1ccc(O)cc1)C1CCCC1CN. The average molecular weight is 276 g/mol. The maximum atomic E-state index is 12.5. The molecule has 1 aromatic rings. The van der Waals surface area contributed by atoms with Crippen molar-refractivity contribution < 1.29 is 9.90 Å². The predicted octanol–water partition coefficient (Wildman–Crippen LogP) is 1.91. The molecule has 1 aliphatic rings. The molecule has 0 radical (unpaired) electrons. The van der Waals surface area contributed by atoms with Gasteiger partial charge < -0.3 is 15.7 Å². The highest BCUT2D eigenvalue weighted by Gasteiger charge is 2.32. The lowest BCUT2D eigenvalue weighted by atomic mass is 10.0. The Hall–Kier alpha value is -1.55. The maximum Gasteiger partial charge on any atom is 0.227 e. The van der Waals surface area contributed by atoms with Crippen molar-refractivity contribution in [3.63, 3.8) is 0 Å². The van der Waals surface area contributed by atoms with Gasteiger partial charge in [0.25, 0.3) is 0 Å². The van der Waals surface area contributed by atoms with E-state index in [4.69, 9.17) is 5.73 Å². The van der Waals surface area contributed by atoms with E-state index in [-0.39, 0.29) is 11.7 Å². The molecule has 1 aliphatic carbocycles. The van der Waals surface area contributed by atoms with Crippen LogP contribution >= 0.6 is 0 Å². The van der Waals surface area contributed by atoms with E-state index in [1.807, 2.05) is 11.8 Å². The van der Waals surface area contributed by atoms with Crippen molar-refractivity contribution in [3.05, 3.63) is 29.8 Å². The lowest BCUT2D eigenvalue weighted by Gasteiger charge is -2.32. The fourth-order valence-electron chi connectivity index (χ4n) is 3.19. The van der Waals surface area contributed by atoms with E-state index in [0.717, 1.165) is 31.4 Å². The summed E-state index contributed by atoms with van der Waals surface area (Å²) < 4.78 is 0. The van der Waals surface area contributed by atoms with E-state index < -0.39 is 0 Å². The molecule has 20 heavy (non-hydrogen) atoms. The molecule has 4 heteroatoms. The monoisotopic (exact) mass is 276 g/mol. The van der Waals surface area contributed by atoms with Crippen molar-refractivity contribution in [2.24, 2.45) is 11.7 Å². The first-order valence-electron chi connectivity index (χ1n) is 7.43. The molecule has 2 unspecified atom stereocenters. The molecule has 1 aromatic carbocycles. The number of amides is 1. The third kappa shape index (κ3) is 3.31. The van der Waals surface area contributed by atoms with Crippen LogP contribution in [0.5, 0.6) is 5.75 Å². The van der Waals surface area contributed by atoms with Crippen molar-refractivity contribution in [1.29, 1.82) is 0 Å². The molecule has 0 saturated heterocycles. The topological polar surface area (TPSA) is 66.6 Å². The second-order valence-corrected chi connectivity index (χ2v) is 5.52. The Kier molecular flexibility index (Phi) is 5.01. The second kappa shape index (κ2) is 6.75. The van der Waals surface area contributed by atoms with Gasteiger partial charge in [0, 0.05) is 12.6 Å². The van der Waals surface area contributed by atoms with Crippen molar-refractivity contribution in [1.82, 2.24) is 4.90 Å². The van der Waals surface area contributed by atoms with Crippen LogP contribution in [-0.4, -0.2) is 35.0 Å². The lowest BCUT2D eigenvalue weighted by Crippen LogP contribution is -2.44. The smallest absolute Gasteiger partial charge is 0.227 e. The molecule has 0 spiro atoms. The minimum Gasteiger partial charge on any atom is -0.508 e. The van der Waals surface area contributed by atoms with E-state index in [1.165, 1.54) is 0 Å². The quantitative estimate of drug-likeness (QED) is 0.863. The molecular formula is C16H24N2O2. The number of hydrogen-bond acceptors (Lipinski definition) is 3. The molecule has 2 rings (SSSR count). The Bertz CT molecular complexity index is 444. The number of phenols is 1. The maximum absolute atomic E-state index is 12.5. The normalized spacial score (nSPS) is 21.9. The van der Waals surface area contributed by atoms with Crippen LogP contribution in [0.4, 0.5) is 0 Å². The van der Waals surface area contributed by atoms with Gasteiger partial charge in [-0.1, -0.05) is 18.6 Å². The summed E-state index contributed by atoms with van der Waals surface area (Å²) >= 11 is 0. The third-order valence-electron chi connectivity index (χ3n) is 4.27. The molecule has 0 heterocycles. The molecule has 110 valence electrons. The molecule has 1 saturated carbocycles. The number of carbonyl (C=O) groups excluding carboxylic acids is 1. The number of likely N-dealkylation sites (N-methyl/N-ethyl adjacent to an activating group) is 1. The molecule has 1 amide bonds. The van der Waals surface area contributed by atoms with Crippen LogP contribution in [-0.2, 0) is 11.2 Å². The van der Waals surface area contributed by atoms with Crippen LogP contribution in [0.25, 0.3) is 0 Å². The molecule has 0 aliphatic heterocycles. The number of benzene rings is 1. The molecule has 1 fully saturated rings. The molecule has 4 nitrogen and oxygen atoms in total.